The zero-order valence-electron chi connectivity index (χ0n) is 11.5. The summed E-state index contributed by atoms with van der Waals surface area (Å²) in [7, 11) is 0. The molecule has 0 N–H and O–H groups in total. The second-order valence-corrected chi connectivity index (χ2v) is 5.18. The Labute approximate surface area is 120 Å². The Morgan fingerprint density at radius 3 is 2.84 bits per heavy atom. The molecule has 0 unspecified atom stereocenters. The van der Waals surface area contributed by atoms with Gasteiger partial charge in [-0.25, -0.2) is 4.98 Å². The van der Waals surface area contributed by atoms with E-state index in [1.54, 1.807) is 12.3 Å². The van der Waals surface area contributed by atoms with Gasteiger partial charge in [0.05, 0.1) is 6.61 Å². The molecule has 1 aromatic rings. The molecule has 1 saturated carbocycles. The first kappa shape index (κ1) is 14.4. The minimum atomic E-state index is 0.518. The highest BCUT2D eigenvalue weighted by Gasteiger charge is 2.23. The van der Waals surface area contributed by atoms with E-state index in [2.05, 4.69) is 14.9 Å². The maximum absolute atomic E-state index is 5.94. The Kier molecular flexibility index (Phi) is 5.70. The van der Waals surface area contributed by atoms with Crippen LogP contribution in [0.25, 0.3) is 0 Å². The second kappa shape index (κ2) is 7.53. The van der Waals surface area contributed by atoms with E-state index in [4.69, 9.17) is 16.3 Å². The molecule has 1 fully saturated rings. The maximum atomic E-state index is 5.94. The Bertz CT molecular complexity index is 383. The molecule has 0 amide bonds. The molecular formula is C14H22ClN3O. The average molecular weight is 284 g/mol. The highest BCUT2D eigenvalue weighted by Crippen LogP contribution is 2.26. The van der Waals surface area contributed by atoms with Gasteiger partial charge >= 0.3 is 0 Å². The number of hydrogen-bond acceptors (Lipinski definition) is 4. The summed E-state index contributed by atoms with van der Waals surface area (Å²) < 4.78 is 5.45. The van der Waals surface area contributed by atoms with Gasteiger partial charge in [-0.05, 0) is 19.8 Å². The third-order valence-electron chi connectivity index (χ3n) is 3.51. The third-order valence-corrected chi connectivity index (χ3v) is 3.68. The molecule has 5 heteroatoms. The number of ether oxygens (including phenoxy) is 1. The van der Waals surface area contributed by atoms with Crippen LogP contribution in [0.3, 0.4) is 0 Å². The van der Waals surface area contributed by atoms with Crippen LogP contribution in [0.5, 0.6) is 5.88 Å². The molecule has 2 rings (SSSR count). The third kappa shape index (κ3) is 3.96. The van der Waals surface area contributed by atoms with E-state index in [0.29, 0.717) is 24.4 Å². The number of halogens is 1. The van der Waals surface area contributed by atoms with Crippen LogP contribution in [0.15, 0.2) is 12.3 Å². The van der Waals surface area contributed by atoms with Crippen LogP contribution in [-0.2, 0) is 0 Å². The minimum Gasteiger partial charge on any atom is -0.478 e. The Hall–Kier alpha value is -1.03. The molecular weight excluding hydrogens is 262 g/mol. The molecule has 0 saturated heterocycles. The maximum Gasteiger partial charge on any atom is 0.228 e. The van der Waals surface area contributed by atoms with Gasteiger partial charge < -0.3 is 9.64 Å². The highest BCUT2D eigenvalue weighted by atomic mass is 35.5. The molecule has 0 bridgehead atoms. The number of rotatable bonds is 6. The smallest absolute Gasteiger partial charge is 0.228 e. The number of nitrogens with zero attached hydrogens (tertiary/aromatic N) is 3. The Balaban J connectivity index is 2.14. The predicted octanol–water partition coefficient (Wildman–Crippen LogP) is 3.25. The van der Waals surface area contributed by atoms with Gasteiger partial charge in [0.2, 0.25) is 11.8 Å². The molecule has 1 aromatic heterocycles. The highest BCUT2D eigenvalue weighted by molar-refractivity contribution is 6.18. The van der Waals surface area contributed by atoms with E-state index >= 15 is 0 Å². The van der Waals surface area contributed by atoms with E-state index in [9.17, 15) is 0 Å². The first-order valence-corrected chi connectivity index (χ1v) is 7.67. The summed E-state index contributed by atoms with van der Waals surface area (Å²) in [6, 6.07) is 2.32. The molecule has 0 spiro atoms. The molecule has 1 aliphatic rings. The van der Waals surface area contributed by atoms with Crippen molar-refractivity contribution in [3.05, 3.63) is 12.3 Å². The fraction of sp³-hybridized carbons (Fsp3) is 0.714. The summed E-state index contributed by atoms with van der Waals surface area (Å²) >= 11 is 5.94. The molecule has 0 radical (unpaired) electrons. The monoisotopic (exact) mass is 283 g/mol. The van der Waals surface area contributed by atoms with Gasteiger partial charge in [0, 0.05) is 30.7 Å². The van der Waals surface area contributed by atoms with E-state index in [-0.39, 0.29) is 0 Å². The summed E-state index contributed by atoms with van der Waals surface area (Å²) in [5.74, 6) is 1.99. The molecule has 4 nitrogen and oxygen atoms in total. The van der Waals surface area contributed by atoms with Crippen molar-refractivity contribution in [2.75, 3.05) is 23.9 Å². The normalized spacial score (nSPS) is 16.3. The molecule has 0 aromatic carbocycles. The summed E-state index contributed by atoms with van der Waals surface area (Å²) in [5, 5.41) is 0. The second-order valence-electron chi connectivity index (χ2n) is 4.80. The lowest BCUT2D eigenvalue weighted by Crippen LogP contribution is -2.39. The average Bonchev–Trinajstić information content (AvgIpc) is 2.46. The summed E-state index contributed by atoms with van der Waals surface area (Å²) in [5.41, 5.74) is 0. The summed E-state index contributed by atoms with van der Waals surface area (Å²) in [4.78, 5) is 11.1. The van der Waals surface area contributed by atoms with Crippen molar-refractivity contribution < 1.29 is 4.74 Å². The fourth-order valence-corrected chi connectivity index (χ4v) is 2.81. The molecule has 19 heavy (non-hydrogen) atoms. The number of aromatic nitrogens is 2. The zero-order chi connectivity index (χ0) is 13.5. The van der Waals surface area contributed by atoms with E-state index in [1.807, 2.05) is 6.92 Å². The van der Waals surface area contributed by atoms with Crippen molar-refractivity contribution >= 4 is 17.5 Å². The lowest BCUT2D eigenvalue weighted by atomic mass is 9.94. The SMILES string of the molecule is CCOc1ccnc(N(CCCl)C2CCCCC2)n1. The fourth-order valence-electron chi connectivity index (χ4n) is 2.63. The van der Waals surface area contributed by atoms with Crippen LogP contribution in [-0.4, -0.2) is 35.0 Å². The quantitative estimate of drug-likeness (QED) is 0.751. The van der Waals surface area contributed by atoms with Gasteiger partial charge in [-0.2, -0.15) is 4.98 Å². The van der Waals surface area contributed by atoms with Crippen LogP contribution in [0.2, 0.25) is 0 Å². The van der Waals surface area contributed by atoms with Crippen molar-refractivity contribution in [2.24, 2.45) is 0 Å². The van der Waals surface area contributed by atoms with E-state index in [0.717, 1.165) is 12.5 Å². The predicted molar refractivity (Wildman–Crippen MR) is 78.1 cm³/mol. The first-order valence-electron chi connectivity index (χ1n) is 7.13. The Morgan fingerprint density at radius 1 is 1.37 bits per heavy atom. The van der Waals surface area contributed by atoms with Crippen molar-refractivity contribution in [1.82, 2.24) is 9.97 Å². The van der Waals surface area contributed by atoms with Gasteiger partial charge in [-0.3, -0.25) is 0 Å². The van der Waals surface area contributed by atoms with Crippen LogP contribution < -0.4 is 9.64 Å². The Morgan fingerprint density at radius 2 is 2.16 bits per heavy atom. The number of hydrogen-bond donors (Lipinski definition) is 0. The van der Waals surface area contributed by atoms with Crippen molar-refractivity contribution in [3.8, 4) is 5.88 Å². The van der Waals surface area contributed by atoms with Crippen LogP contribution in [0.4, 0.5) is 5.95 Å². The van der Waals surface area contributed by atoms with E-state index < -0.39 is 0 Å². The van der Waals surface area contributed by atoms with Gasteiger partial charge in [0.25, 0.3) is 0 Å². The van der Waals surface area contributed by atoms with Crippen molar-refractivity contribution in [2.45, 2.75) is 45.1 Å². The number of anilines is 1. The minimum absolute atomic E-state index is 0.518. The van der Waals surface area contributed by atoms with Gasteiger partial charge in [0.1, 0.15) is 0 Å². The topological polar surface area (TPSA) is 38.2 Å². The van der Waals surface area contributed by atoms with Gasteiger partial charge in [-0.15, -0.1) is 11.6 Å². The van der Waals surface area contributed by atoms with Crippen LogP contribution in [0.1, 0.15) is 39.0 Å². The molecule has 106 valence electrons. The lowest BCUT2D eigenvalue weighted by Gasteiger charge is -2.34. The van der Waals surface area contributed by atoms with Crippen LogP contribution in [0, 0.1) is 0 Å². The van der Waals surface area contributed by atoms with Gasteiger partial charge in [-0.1, -0.05) is 19.3 Å². The molecule has 0 atom stereocenters. The molecule has 0 aliphatic heterocycles. The van der Waals surface area contributed by atoms with Crippen LogP contribution >= 0.6 is 11.6 Å². The summed E-state index contributed by atoms with van der Waals surface area (Å²) in [6.45, 7) is 3.37. The van der Waals surface area contributed by atoms with Crippen molar-refractivity contribution in [3.63, 3.8) is 0 Å². The zero-order valence-corrected chi connectivity index (χ0v) is 12.3. The standard InChI is InChI=1S/C14H22ClN3O/c1-2-19-13-8-10-16-14(17-13)18(11-9-15)12-6-4-3-5-7-12/h8,10,12H,2-7,9,11H2,1H3. The van der Waals surface area contributed by atoms with Gasteiger partial charge in [0.15, 0.2) is 0 Å². The molecule has 1 aliphatic carbocycles. The largest absolute Gasteiger partial charge is 0.478 e. The first-order chi connectivity index (χ1) is 9.35. The van der Waals surface area contributed by atoms with E-state index in [1.165, 1.54) is 32.1 Å². The lowest BCUT2D eigenvalue weighted by molar-refractivity contribution is 0.325. The van der Waals surface area contributed by atoms with Crippen molar-refractivity contribution in [1.29, 1.82) is 0 Å². The summed E-state index contributed by atoms with van der Waals surface area (Å²) in [6.07, 6.45) is 8.09. The molecule has 1 heterocycles. The number of alkyl halides is 1.